The lowest BCUT2D eigenvalue weighted by atomic mass is 9.86. The standard InChI is InChI=1S/C19H24F2N2O2/c1-22(18(24)13-4-7-15(20)16(21)8-13)9-17(12-2-3-12)23-10-19(25,11-23)14-5-6-14/h4,7-8,12,14,17,25H,2-3,5-6,9-11H2,1H3. The highest BCUT2D eigenvalue weighted by Gasteiger charge is 2.55. The number of carbonyl (C=O) groups excluding carboxylic acids is 1. The summed E-state index contributed by atoms with van der Waals surface area (Å²) in [6, 6.07) is 3.49. The van der Waals surface area contributed by atoms with Gasteiger partial charge in [0.25, 0.3) is 5.91 Å². The zero-order valence-electron chi connectivity index (χ0n) is 14.4. The van der Waals surface area contributed by atoms with Crippen molar-refractivity contribution in [3.05, 3.63) is 35.4 Å². The van der Waals surface area contributed by atoms with Crippen molar-refractivity contribution in [2.24, 2.45) is 11.8 Å². The van der Waals surface area contributed by atoms with Gasteiger partial charge in [0.1, 0.15) is 0 Å². The Balaban J connectivity index is 1.40. The topological polar surface area (TPSA) is 43.8 Å². The number of rotatable bonds is 6. The maximum absolute atomic E-state index is 13.4. The van der Waals surface area contributed by atoms with E-state index in [4.69, 9.17) is 0 Å². The molecule has 0 spiro atoms. The molecule has 2 saturated carbocycles. The number of amides is 1. The molecule has 4 rings (SSSR count). The molecule has 1 N–H and O–H groups in total. The predicted molar refractivity (Wildman–Crippen MR) is 89.1 cm³/mol. The Morgan fingerprint density at radius 1 is 1.28 bits per heavy atom. The first kappa shape index (κ1) is 16.9. The van der Waals surface area contributed by atoms with Crippen molar-refractivity contribution in [2.75, 3.05) is 26.7 Å². The molecule has 1 aromatic carbocycles. The maximum Gasteiger partial charge on any atom is 0.253 e. The Morgan fingerprint density at radius 2 is 1.96 bits per heavy atom. The average Bonchev–Trinajstić information content (AvgIpc) is 3.43. The Morgan fingerprint density at radius 3 is 2.52 bits per heavy atom. The number of β-amino-alcohol motifs (C(OH)–C–C–N with tert-alkyl or cyclic N) is 1. The number of likely N-dealkylation sites (N-methyl/N-ethyl adjacent to an activating group) is 1. The monoisotopic (exact) mass is 350 g/mol. The van der Waals surface area contributed by atoms with Crippen LogP contribution in [0, 0.1) is 23.5 Å². The number of carbonyl (C=O) groups is 1. The Bertz CT molecular complexity index is 682. The number of benzene rings is 1. The van der Waals surface area contributed by atoms with Crippen LogP contribution in [-0.2, 0) is 0 Å². The van der Waals surface area contributed by atoms with E-state index in [1.54, 1.807) is 11.9 Å². The molecule has 1 unspecified atom stereocenters. The van der Waals surface area contributed by atoms with Crippen molar-refractivity contribution >= 4 is 5.91 Å². The van der Waals surface area contributed by atoms with Gasteiger partial charge in [0.05, 0.1) is 5.60 Å². The number of aliphatic hydroxyl groups is 1. The summed E-state index contributed by atoms with van der Waals surface area (Å²) in [5.74, 6) is -1.25. The summed E-state index contributed by atoms with van der Waals surface area (Å²) in [7, 11) is 1.70. The van der Waals surface area contributed by atoms with Gasteiger partial charge in [-0.05, 0) is 55.7 Å². The van der Waals surface area contributed by atoms with Crippen LogP contribution in [0.15, 0.2) is 18.2 Å². The van der Waals surface area contributed by atoms with E-state index in [1.807, 2.05) is 0 Å². The van der Waals surface area contributed by atoms with Crippen molar-refractivity contribution in [3.63, 3.8) is 0 Å². The van der Waals surface area contributed by atoms with Gasteiger partial charge in [-0.1, -0.05) is 0 Å². The Kier molecular flexibility index (Phi) is 4.07. The van der Waals surface area contributed by atoms with Gasteiger partial charge < -0.3 is 10.0 Å². The third-order valence-electron chi connectivity index (χ3n) is 5.90. The van der Waals surface area contributed by atoms with E-state index in [0.29, 0.717) is 31.5 Å². The van der Waals surface area contributed by atoms with Gasteiger partial charge in [0, 0.05) is 38.3 Å². The fourth-order valence-corrected chi connectivity index (χ4v) is 4.03. The van der Waals surface area contributed by atoms with E-state index in [1.165, 1.54) is 6.07 Å². The second-order valence-corrected chi connectivity index (χ2v) is 8.00. The SMILES string of the molecule is CN(CC(C1CC1)N1CC(O)(C2CC2)C1)C(=O)c1ccc(F)c(F)c1. The van der Waals surface area contributed by atoms with Crippen LogP contribution in [0.4, 0.5) is 8.78 Å². The van der Waals surface area contributed by atoms with Crippen LogP contribution in [-0.4, -0.2) is 59.1 Å². The molecular weight excluding hydrogens is 326 g/mol. The number of hydrogen-bond donors (Lipinski definition) is 1. The highest BCUT2D eigenvalue weighted by Crippen LogP contribution is 2.47. The van der Waals surface area contributed by atoms with Crippen molar-refractivity contribution in [3.8, 4) is 0 Å². The lowest BCUT2D eigenvalue weighted by molar-refractivity contribution is -0.133. The van der Waals surface area contributed by atoms with Gasteiger partial charge in [-0.3, -0.25) is 9.69 Å². The van der Waals surface area contributed by atoms with Crippen LogP contribution in [0.5, 0.6) is 0 Å². The molecule has 1 amide bonds. The van der Waals surface area contributed by atoms with Gasteiger partial charge >= 0.3 is 0 Å². The number of nitrogens with zero attached hydrogens (tertiary/aromatic N) is 2. The largest absolute Gasteiger partial charge is 0.387 e. The molecule has 25 heavy (non-hydrogen) atoms. The molecule has 1 aromatic rings. The zero-order valence-corrected chi connectivity index (χ0v) is 14.4. The second kappa shape index (κ2) is 6.02. The normalized spacial score (nSPS) is 23.8. The van der Waals surface area contributed by atoms with E-state index in [0.717, 1.165) is 37.8 Å². The van der Waals surface area contributed by atoms with Crippen molar-refractivity contribution in [1.82, 2.24) is 9.80 Å². The lowest BCUT2D eigenvalue weighted by Gasteiger charge is -2.51. The highest BCUT2D eigenvalue weighted by molar-refractivity contribution is 5.94. The van der Waals surface area contributed by atoms with Crippen LogP contribution < -0.4 is 0 Å². The fourth-order valence-electron chi connectivity index (χ4n) is 4.03. The quantitative estimate of drug-likeness (QED) is 0.856. The first-order valence-electron chi connectivity index (χ1n) is 9.04. The first-order valence-corrected chi connectivity index (χ1v) is 9.04. The molecule has 0 bridgehead atoms. The zero-order chi connectivity index (χ0) is 17.8. The summed E-state index contributed by atoms with van der Waals surface area (Å²) in [4.78, 5) is 16.4. The van der Waals surface area contributed by atoms with Crippen LogP contribution in [0.2, 0.25) is 0 Å². The summed E-state index contributed by atoms with van der Waals surface area (Å²) in [6.07, 6.45) is 4.53. The van der Waals surface area contributed by atoms with E-state index < -0.39 is 17.2 Å². The molecule has 6 heteroatoms. The van der Waals surface area contributed by atoms with Crippen molar-refractivity contribution < 1.29 is 18.7 Å². The van der Waals surface area contributed by atoms with E-state index in [2.05, 4.69) is 4.90 Å². The number of likely N-dealkylation sites (tertiary alicyclic amines) is 1. The van der Waals surface area contributed by atoms with Crippen molar-refractivity contribution in [1.29, 1.82) is 0 Å². The fraction of sp³-hybridized carbons (Fsp3) is 0.632. The van der Waals surface area contributed by atoms with Crippen LogP contribution in [0.3, 0.4) is 0 Å². The molecule has 136 valence electrons. The van der Waals surface area contributed by atoms with Gasteiger partial charge in [0.2, 0.25) is 0 Å². The molecule has 0 radical (unpaired) electrons. The third kappa shape index (κ3) is 3.29. The van der Waals surface area contributed by atoms with E-state index in [9.17, 15) is 18.7 Å². The molecule has 1 aliphatic heterocycles. The molecule has 1 heterocycles. The summed E-state index contributed by atoms with van der Waals surface area (Å²) >= 11 is 0. The van der Waals surface area contributed by atoms with Gasteiger partial charge in [-0.25, -0.2) is 8.78 Å². The predicted octanol–water partition coefficient (Wildman–Crippen LogP) is 2.27. The van der Waals surface area contributed by atoms with Crippen LogP contribution in [0.25, 0.3) is 0 Å². The molecule has 0 aromatic heterocycles. The maximum atomic E-state index is 13.4. The minimum absolute atomic E-state index is 0.161. The number of halogens is 2. The second-order valence-electron chi connectivity index (χ2n) is 8.00. The first-order chi connectivity index (χ1) is 11.9. The highest BCUT2D eigenvalue weighted by atomic mass is 19.2. The molecular formula is C19H24F2N2O2. The molecule has 4 nitrogen and oxygen atoms in total. The third-order valence-corrected chi connectivity index (χ3v) is 5.90. The lowest BCUT2D eigenvalue weighted by Crippen LogP contribution is -2.67. The number of hydrogen-bond acceptors (Lipinski definition) is 3. The van der Waals surface area contributed by atoms with E-state index in [-0.39, 0.29) is 17.5 Å². The minimum atomic E-state index is -1.00. The Hall–Kier alpha value is -1.53. The van der Waals surface area contributed by atoms with Crippen LogP contribution >= 0.6 is 0 Å². The summed E-state index contributed by atoms with van der Waals surface area (Å²) in [5.41, 5.74) is -0.371. The van der Waals surface area contributed by atoms with E-state index >= 15 is 0 Å². The molecule has 3 aliphatic rings. The van der Waals surface area contributed by atoms with Gasteiger partial charge in [-0.2, -0.15) is 0 Å². The minimum Gasteiger partial charge on any atom is -0.387 e. The Labute approximate surface area is 146 Å². The van der Waals surface area contributed by atoms with Crippen molar-refractivity contribution in [2.45, 2.75) is 37.3 Å². The summed E-state index contributed by atoms with van der Waals surface area (Å²) in [6.45, 7) is 1.92. The summed E-state index contributed by atoms with van der Waals surface area (Å²) in [5, 5.41) is 10.5. The smallest absolute Gasteiger partial charge is 0.253 e. The van der Waals surface area contributed by atoms with Crippen LogP contribution in [0.1, 0.15) is 36.0 Å². The molecule has 3 fully saturated rings. The van der Waals surface area contributed by atoms with Gasteiger partial charge in [0.15, 0.2) is 11.6 Å². The summed E-state index contributed by atoms with van der Waals surface area (Å²) < 4.78 is 26.4. The average molecular weight is 350 g/mol. The molecule has 1 saturated heterocycles. The molecule has 2 aliphatic carbocycles. The van der Waals surface area contributed by atoms with Gasteiger partial charge in [-0.15, -0.1) is 0 Å². The molecule has 1 atom stereocenters.